The van der Waals surface area contributed by atoms with E-state index in [-0.39, 0.29) is 0 Å². The fraction of sp³-hybridized carbons (Fsp3) is 0.333. The smallest absolute Gasteiger partial charge is 0.00489 e. The van der Waals surface area contributed by atoms with E-state index in [0.717, 1.165) is 11.4 Å². The number of nitrogens with two attached hydrogens (primary N) is 2. The Morgan fingerprint density at radius 1 is 0.643 bits per heavy atom. The lowest BCUT2D eigenvalue weighted by molar-refractivity contribution is 1.28. The van der Waals surface area contributed by atoms with Gasteiger partial charge in [-0.3, -0.25) is 0 Å². The monoisotopic (exact) mass is 192 g/mol. The largest absolute Gasteiger partial charge is 0.402 e. The molecule has 0 atom stereocenters. The van der Waals surface area contributed by atoms with Crippen LogP contribution in [-0.2, 0) is 0 Å². The van der Waals surface area contributed by atoms with E-state index in [0.29, 0.717) is 0 Å². The normalized spacial score (nSPS) is 16.0. The summed E-state index contributed by atoms with van der Waals surface area (Å²) < 4.78 is 0. The molecule has 14 heavy (non-hydrogen) atoms. The van der Waals surface area contributed by atoms with Crippen molar-refractivity contribution in [1.82, 2.24) is 0 Å². The molecule has 0 radical (unpaired) electrons. The van der Waals surface area contributed by atoms with Crippen LogP contribution in [0.1, 0.15) is 27.7 Å². The Morgan fingerprint density at radius 2 is 0.929 bits per heavy atom. The van der Waals surface area contributed by atoms with Crippen LogP contribution in [0.25, 0.3) is 0 Å². The summed E-state index contributed by atoms with van der Waals surface area (Å²) in [5, 5.41) is 0. The van der Waals surface area contributed by atoms with Crippen LogP contribution in [0.3, 0.4) is 0 Å². The van der Waals surface area contributed by atoms with E-state index in [1.54, 1.807) is 0 Å². The number of hydrogen-bond acceptors (Lipinski definition) is 2. The van der Waals surface area contributed by atoms with Gasteiger partial charge in [0.1, 0.15) is 0 Å². The van der Waals surface area contributed by atoms with Crippen LogP contribution in [0.5, 0.6) is 0 Å². The van der Waals surface area contributed by atoms with Gasteiger partial charge in [0.25, 0.3) is 0 Å². The molecule has 0 aromatic carbocycles. The van der Waals surface area contributed by atoms with E-state index >= 15 is 0 Å². The van der Waals surface area contributed by atoms with Crippen LogP contribution < -0.4 is 11.5 Å². The van der Waals surface area contributed by atoms with E-state index in [4.69, 9.17) is 11.5 Å². The zero-order valence-corrected chi connectivity index (χ0v) is 9.46. The first-order chi connectivity index (χ1) is 6.43. The molecule has 0 fully saturated rings. The molecule has 78 valence electrons. The maximum atomic E-state index is 5.53. The molecular weight excluding hydrogens is 172 g/mol. The van der Waals surface area contributed by atoms with E-state index in [1.807, 2.05) is 52.0 Å². The van der Waals surface area contributed by atoms with Crippen molar-refractivity contribution in [3.63, 3.8) is 0 Å². The van der Waals surface area contributed by atoms with Crippen LogP contribution in [0.15, 0.2) is 46.8 Å². The molecule has 2 heteroatoms. The molecular formula is C12H20N2. The first kappa shape index (κ1) is 12.6. The van der Waals surface area contributed by atoms with Crippen LogP contribution in [-0.4, -0.2) is 0 Å². The Morgan fingerprint density at radius 3 is 1.14 bits per heavy atom. The maximum absolute atomic E-state index is 5.53. The van der Waals surface area contributed by atoms with Gasteiger partial charge in [0.2, 0.25) is 0 Å². The molecule has 0 aliphatic carbocycles. The average molecular weight is 192 g/mol. The first-order valence-electron chi connectivity index (χ1n) is 4.65. The summed E-state index contributed by atoms with van der Waals surface area (Å²) in [5.74, 6) is 0. The molecule has 0 amide bonds. The van der Waals surface area contributed by atoms with E-state index in [2.05, 4.69) is 0 Å². The summed E-state index contributed by atoms with van der Waals surface area (Å²) in [6.07, 6.45) is 7.79. The zero-order valence-electron chi connectivity index (χ0n) is 9.46. The summed E-state index contributed by atoms with van der Waals surface area (Å²) in [5.41, 5.74) is 15.0. The highest BCUT2D eigenvalue weighted by atomic mass is 14.5. The molecule has 0 aliphatic heterocycles. The van der Waals surface area contributed by atoms with Crippen LogP contribution in [0.4, 0.5) is 0 Å². The lowest BCUT2D eigenvalue weighted by atomic mass is 10.1. The van der Waals surface area contributed by atoms with Crippen LogP contribution in [0.2, 0.25) is 0 Å². The second-order valence-corrected chi connectivity index (χ2v) is 3.52. The second-order valence-electron chi connectivity index (χ2n) is 3.52. The lowest BCUT2D eigenvalue weighted by Gasteiger charge is -1.98. The summed E-state index contributed by atoms with van der Waals surface area (Å²) in [4.78, 5) is 0. The van der Waals surface area contributed by atoms with Crippen molar-refractivity contribution in [3.05, 3.63) is 46.8 Å². The van der Waals surface area contributed by atoms with E-state index < -0.39 is 0 Å². The lowest BCUT2D eigenvalue weighted by Crippen LogP contribution is -1.90. The number of hydrogen-bond donors (Lipinski definition) is 2. The Kier molecular flexibility index (Phi) is 5.46. The molecule has 0 bridgehead atoms. The summed E-state index contributed by atoms with van der Waals surface area (Å²) in [6, 6.07) is 0. The highest BCUT2D eigenvalue weighted by Gasteiger charge is 1.89. The van der Waals surface area contributed by atoms with Crippen molar-refractivity contribution in [2.24, 2.45) is 11.5 Å². The molecule has 0 heterocycles. The van der Waals surface area contributed by atoms with Gasteiger partial charge in [0.05, 0.1) is 0 Å². The van der Waals surface area contributed by atoms with Crippen molar-refractivity contribution in [1.29, 1.82) is 0 Å². The van der Waals surface area contributed by atoms with Gasteiger partial charge in [-0.1, -0.05) is 12.2 Å². The first-order valence-corrected chi connectivity index (χ1v) is 4.65. The quantitative estimate of drug-likeness (QED) is 0.675. The van der Waals surface area contributed by atoms with E-state index in [9.17, 15) is 0 Å². The second kappa shape index (κ2) is 6.08. The molecule has 0 saturated heterocycles. The Bertz CT molecular complexity index is 264. The zero-order chi connectivity index (χ0) is 11.1. The summed E-state index contributed by atoms with van der Waals surface area (Å²) in [7, 11) is 0. The molecule has 0 rings (SSSR count). The van der Waals surface area contributed by atoms with Crippen molar-refractivity contribution in [3.8, 4) is 0 Å². The number of allylic oxidation sites excluding steroid dienone is 8. The van der Waals surface area contributed by atoms with Crippen LogP contribution >= 0.6 is 0 Å². The van der Waals surface area contributed by atoms with Crippen LogP contribution in [0, 0.1) is 0 Å². The number of rotatable bonds is 3. The molecule has 2 nitrogen and oxygen atoms in total. The van der Waals surface area contributed by atoms with Crippen molar-refractivity contribution in [2.75, 3.05) is 0 Å². The molecule has 4 N–H and O–H groups in total. The highest BCUT2D eigenvalue weighted by molar-refractivity contribution is 5.33. The molecule has 0 aromatic heterocycles. The van der Waals surface area contributed by atoms with E-state index in [1.165, 1.54) is 11.1 Å². The third-order valence-electron chi connectivity index (χ3n) is 1.81. The predicted octanol–water partition coefficient (Wildman–Crippen LogP) is 2.60. The van der Waals surface area contributed by atoms with Crippen molar-refractivity contribution < 1.29 is 0 Å². The highest BCUT2D eigenvalue weighted by Crippen LogP contribution is 2.08. The van der Waals surface area contributed by atoms with Gasteiger partial charge in [-0.05, 0) is 51.0 Å². The third-order valence-corrected chi connectivity index (χ3v) is 1.81. The van der Waals surface area contributed by atoms with Gasteiger partial charge in [-0.15, -0.1) is 0 Å². The van der Waals surface area contributed by atoms with Gasteiger partial charge in [-0.2, -0.15) is 0 Å². The van der Waals surface area contributed by atoms with Crippen molar-refractivity contribution >= 4 is 0 Å². The molecule has 0 aliphatic rings. The van der Waals surface area contributed by atoms with Gasteiger partial charge >= 0.3 is 0 Å². The van der Waals surface area contributed by atoms with Crippen molar-refractivity contribution in [2.45, 2.75) is 27.7 Å². The minimum absolute atomic E-state index is 0.808. The van der Waals surface area contributed by atoms with Gasteiger partial charge < -0.3 is 11.5 Å². The third kappa shape index (κ3) is 6.12. The minimum Gasteiger partial charge on any atom is -0.402 e. The van der Waals surface area contributed by atoms with Gasteiger partial charge in [0, 0.05) is 11.4 Å². The SMILES string of the molecule is C\C(N)=C/C=C(C)/C(C)=C/C=C(\C)N. The van der Waals surface area contributed by atoms with Gasteiger partial charge in [-0.25, -0.2) is 0 Å². The van der Waals surface area contributed by atoms with Gasteiger partial charge in [0.15, 0.2) is 0 Å². The Balaban J connectivity index is 4.62. The summed E-state index contributed by atoms with van der Waals surface area (Å²) >= 11 is 0. The fourth-order valence-electron chi connectivity index (χ4n) is 0.776. The topological polar surface area (TPSA) is 52.0 Å². The maximum Gasteiger partial charge on any atom is 0.00489 e. The predicted molar refractivity (Wildman–Crippen MR) is 63.4 cm³/mol. The molecule has 0 aromatic rings. The summed E-state index contributed by atoms with van der Waals surface area (Å²) in [6.45, 7) is 7.83. The molecule has 0 unspecified atom stereocenters. The Hall–Kier alpha value is -1.44. The molecule has 0 saturated carbocycles. The average Bonchev–Trinajstić information content (AvgIpc) is 2.09. The minimum atomic E-state index is 0.808. The standard InChI is InChI=1S/C12H20N2/c1-9(5-7-11(3)13)10(2)6-8-12(4)14/h5-8H,13-14H2,1-4H3/b9-5+,10-6+,11-7+,12-8+. The molecule has 0 spiro atoms. The Labute approximate surface area is 86.7 Å². The fourth-order valence-corrected chi connectivity index (χ4v) is 0.776.